The Kier molecular flexibility index (Phi) is 16.7. The summed E-state index contributed by atoms with van der Waals surface area (Å²) in [4.78, 5) is 67.9. The molecule has 2 saturated heterocycles. The van der Waals surface area contributed by atoms with Crippen LogP contribution in [0.3, 0.4) is 0 Å². The monoisotopic (exact) mass is 934 g/mol. The number of carbonyl (C=O) groups excluding carboxylic acids is 2. The van der Waals surface area contributed by atoms with Crippen LogP contribution in [0.2, 0.25) is 0 Å². The Hall–Kier alpha value is -7.80. The van der Waals surface area contributed by atoms with E-state index in [1.807, 2.05) is 133 Å². The number of amides is 2. The number of nitrogens with one attached hydrogen (secondary N) is 2. The molecule has 0 unspecified atom stereocenters. The molecule has 4 atom stereocenters. The maximum absolute atomic E-state index is 14.0. The first-order chi connectivity index (χ1) is 34.2. The van der Waals surface area contributed by atoms with Crippen LogP contribution in [0.25, 0.3) is 0 Å². The van der Waals surface area contributed by atoms with E-state index in [4.69, 9.17) is 9.98 Å². The van der Waals surface area contributed by atoms with E-state index < -0.39 is 24.0 Å². The number of aliphatic carboxylic acids is 2. The van der Waals surface area contributed by atoms with E-state index in [0.717, 1.165) is 49.9 Å². The third-order valence-corrected chi connectivity index (χ3v) is 12.8. The highest BCUT2D eigenvalue weighted by Crippen LogP contribution is 2.28. The molecule has 12 nitrogen and oxygen atoms in total. The van der Waals surface area contributed by atoms with Crippen molar-refractivity contribution in [1.29, 1.82) is 0 Å². The standard InChI is InChI=1S/C58H58N6O6/c65-55(51-35-19-37-63(51)39-41-21-5-1-6-22-41)61-47-31-15-13-29-45(47)53(43-25-9-3-10-26-43)59-49(57(67)68)33-17-18-34-50(58(69)70)60-54(44-27-11-4-12-28-44)46-30-14-16-32-48(46)62-56(66)52-36-20-38-64(52)40-42-23-7-2-8-24-42/h1-18,21-32,49-52H,19-20,33-40H2,(H,61,65)(H,62,66)(H,67,68)(H,69,70)/b18-17+,59-53?,60-54?/t49-,50-,51-,52-/m0/s1. The number of benzene rings is 6. The third kappa shape index (κ3) is 12.6. The second kappa shape index (κ2) is 24.0. The van der Waals surface area contributed by atoms with Crippen LogP contribution < -0.4 is 10.6 Å². The minimum absolute atomic E-state index is 0.0460. The Balaban J connectivity index is 1.02. The molecule has 0 aromatic heterocycles. The quantitative estimate of drug-likeness (QED) is 0.0435. The molecule has 2 aliphatic heterocycles. The van der Waals surface area contributed by atoms with E-state index in [1.165, 1.54) is 0 Å². The molecule has 0 aliphatic carbocycles. The summed E-state index contributed by atoms with van der Waals surface area (Å²) >= 11 is 0. The van der Waals surface area contributed by atoms with Crippen molar-refractivity contribution in [2.24, 2.45) is 9.98 Å². The molecule has 6 aromatic rings. The number of carboxylic acid groups (broad SMARTS) is 2. The third-order valence-electron chi connectivity index (χ3n) is 12.8. The Bertz CT molecular complexity index is 2630. The lowest BCUT2D eigenvalue weighted by Gasteiger charge is -2.24. The predicted octanol–water partition coefficient (Wildman–Crippen LogP) is 9.51. The number of rotatable bonds is 20. The zero-order valence-electron chi connectivity index (χ0n) is 39.0. The number of likely N-dealkylation sites (tertiary alicyclic amines) is 2. The molecule has 2 fully saturated rings. The van der Waals surface area contributed by atoms with Crippen molar-refractivity contribution in [3.8, 4) is 0 Å². The van der Waals surface area contributed by atoms with Gasteiger partial charge in [0, 0.05) is 35.3 Å². The van der Waals surface area contributed by atoms with Gasteiger partial charge >= 0.3 is 11.9 Å². The van der Waals surface area contributed by atoms with Gasteiger partial charge in [0.2, 0.25) is 11.8 Å². The van der Waals surface area contributed by atoms with Crippen molar-refractivity contribution < 1.29 is 29.4 Å². The molecular weight excluding hydrogens is 877 g/mol. The van der Waals surface area contributed by atoms with Gasteiger partial charge in [-0.05, 0) is 74.9 Å². The number of aliphatic imine (C=N–C) groups is 2. The van der Waals surface area contributed by atoms with Crippen LogP contribution in [0.1, 0.15) is 71.9 Å². The van der Waals surface area contributed by atoms with Gasteiger partial charge in [-0.25, -0.2) is 9.59 Å². The van der Waals surface area contributed by atoms with E-state index >= 15 is 0 Å². The molecule has 8 rings (SSSR count). The fraction of sp³-hybridized carbons (Fsp3) is 0.241. The van der Waals surface area contributed by atoms with Crippen molar-refractivity contribution in [2.75, 3.05) is 23.7 Å². The van der Waals surface area contributed by atoms with E-state index in [2.05, 4.69) is 44.7 Å². The summed E-state index contributed by atoms with van der Waals surface area (Å²) in [5.74, 6) is -2.61. The van der Waals surface area contributed by atoms with Crippen LogP contribution in [0, 0.1) is 0 Å². The molecule has 70 heavy (non-hydrogen) atoms. The number of carboxylic acids is 2. The van der Waals surface area contributed by atoms with Gasteiger partial charge in [0.05, 0.1) is 34.9 Å². The largest absolute Gasteiger partial charge is 0.480 e. The van der Waals surface area contributed by atoms with Crippen LogP contribution in [-0.4, -0.2) is 92.4 Å². The maximum atomic E-state index is 14.0. The van der Waals surface area contributed by atoms with Gasteiger partial charge < -0.3 is 20.8 Å². The number of hydrogen-bond acceptors (Lipinski definition) is 8. The number of carbonyl (C=O) groups is 4. The topological polar surface area (TPSA) is 164 Å². The summed E-state index contributed by atoms with van der Waals surface area (Å²) in [6.07, 6.45) is 6.40. The Morgan fingerprint density at radius 2 is 0.843 bits per heavy atom. The molecule has 12 heteroatoms. The summed E-state index contributed by atoms with van der Waals surface area (Å²) in [6.45, 7) is 2.91. The average Bonchev–Trinajstić information content (AvgIpc) is 4.06. The minimum atomic E-state index is -1.25. The molecule has 4 N–H and O–H groups in total. The minimum Gasteiger partial charge on any atom is -0.480 e. The SMILES string of the molecule is O=C(O)[C@H](C/C=C/C[C@H](N=C(c1ccccc1)c1ccccc1NC(=O)[C@@H]1CCCN1Cc1ccccc1)C(=O)O)N=C(c1ccccc1)c1ccccc1NC(=O)[C@@H]1CCCN1Cc1ccccc1. The highest BCUT2D eigenvalue weighted by atomic mass is 16.4. The highest BCUT2D eigenvalue weighted by Gasteiger charge is 2.33. The molecule has 6 aromatic carbocycles. The summed E-state index contributed by atoms with van der Waals surface area (Å²) in [6, 6.07) is 50.1. The second-order valence-electron chi connectivity index (χ2n) is 17.6. The molecule has 2 amide bonds. The first-order valence-corrected chi connectivity index (χ1v) is 24.0. The second-order valence-corrected chi connectivity index (χ2v) is 17.6. The molecule has 0 bridgehead atoms. The number of hydrogen-bond donors (Lipinski definition) is 4. The molecular formula is C58H58N6O6. The van der Waals surface area contributed by atoms with Crippen molar-refractivity contribution in [3.05, 3.63) is 215 Å². The maximum Gasteiger partial charge on any atom is 0.328 e. The van der Waals surface area contributed by atoms with Crippen LogP contribution in [0.15, 0.2) is 192 Å². The first kappa shape index (κ1) is 48.6. The normalized spacial score (nSPS) is 17.5. The fourth-order valence-corrected chi connectivity index (χ4v) is 9.26. The molecule has 0 spiro atoms. The number of anilines is 2. The van der Waals surface area contributed by atoms with Gasteiger partial charge in [0.1, 0.15) is 0 Å². The van der Waals surface area contributed by atoms with Gasteiger partial charge in [-0.1, -0.05) is 170 Å². The van der Waals surface area contributed by atoms with Crippen LogP contribution in [0.5, 0.6) is 0 Å². The van der Waals surface area contributed by atoms with Crippen molar-refractivity contribution in [1.82, 2.24) is 9.80 Å². The van der Waals surface area contributed by atoms with E-state index in [-0.39, 0.29) is 36.7 Å². The van der Waals surface area contributed by atoms with E-state index in [1.54, 1.807) is 24.3 Å². The average molecular weight is 935 g/mol. The van der Waals surface area contributed by atoms with Crippen molar-refractivity contribution >= 4 is 46.6 Å². The van der Waals surface area contributed by atoms with Gasteiger partial charge in [0.15, 0.2) is 12.1 Å². The number of nitrogens with zero attached hydrogens (tertiary/aromatic N) is 4. The lowest BCUT2D eigenvalue weighted by atomic mass is 9.99. The Morgan fingerprint density at radius 3 is 1.21 bits per heavy atom. The highest BCUT2D eigenvalue weighted by molar-refractivity contribution is 6.18. The molecule has 2 aliphatic rings. The van der Waals surface area contributed by atoms with Gasteiger partial charge in [0.25, 0.3) is 0 Å². The smallest absolute Gasteiger partial charge is 0.328 e. The van der Waals surface area contributed by atoms with Gasteiger partial charge in [-0.3, -0.25) is 29.4 Å². The van der Waals surface area contributed by atoms with Crippen LogP contribution >= 0.6 is 0 Å². The zero-order chi connectivity index (χ0) is 48.7. The van der Waals surface area contributed by atoms with E-state index in [0.29, 0.717) is 58.1 Å². The van der Waals surface area contributed by atoms with Crippen molar-refractivity contribution in [2.45, 2.75) is 75.8 Å². The van der Waals surface area contributed by atoms with E-state index in [9.17, 15) is 29.4 Å². The molecule has 2 heterocycles. The van der Waals surface area contributed by atoms with Crippen molar-refractivity contribution in [3.63, 3.8) is 0 Å². The predicted molar refractivity (Wildman–Crippen MR) is 275 cm³/mol. The lowest BCUT2D eigenvalue weighted by Crippen LogP contribution is -2.39. The lowest BCUT2D eigenvalue weighted by molar-refractivity contribution is -0.139. The summed E-state index contributed by atoms with van der Waals surface area (Å²) in [5.41, 5.74) is 6.57. The summed E-state index contributed by atoms with van der Waals surface area (Å²) in [7, 11) is 0. The first-order valence-electron chi connectivity index (χ1n) is 24.0. The molecule has 0 radical (unpaired) electrons. The molecule has 0 saturated carbocycles. The Morgan fingerprint density at radius 1 is 0.500 bits per heavy atom. The van der Waals surface area contributed by atoms with Crippen LogP contribution in [0.4, 0.5) is 11.4 Å². The van der Waals surface area contributed by atoms with Gasteiger partial charge in [-0.2, -0.15) is 0 Å². The van der Waals surface area contributed by atoms with Crippen LogP contribution in [-0.2, 0) is 32.3 Å². The number of para-hydroxylation sites is 2. The fourth-order valence-electron chi connectivity index (χ4n) is 9.26. The summed E-state index contributed by atoms with van der Waals surface area (Å²) in [5, 5.41) is 27.4. The Labute approximate surface area is 409 Å². The van der Waals surface area contributed by atoms with Gasteiger partial charge in [-0.15, -0.1) is 0 Å². The molecule has 356 valence electrons. The zero-order valence-corrected chi connectivity index (χ0v) is 39.0. The summed E-state index contributed by atoms with van der Waals surface area (Å²) < 4.78 is 0.